The van der Waals surface area contributed by atoms with E-state index in [2.05, 4.69) is 27.4 Å². The number of ether oxygens (including phenoxy) is 1. The minimum atomic E-state index is -0.190. The minimum absolute atomic E-state index is 0.190. The molecule has 6 nitrogen and oxygen atoms in total. The molecule has 0 radical (unpaired) electrons. The minimum Gasteiger partial charge on any atom is -0.378 e. The largest absolute Gasteiger partial charge is 0.378 e. The number of aromatic nitrogens is 2. The lowest BCUT2D eigenvalue weighted by molar-refractivity contribution is -0.111. The Hall–Kier alpha value is -3.38. The van der Waals surface area contributed by atoms with E-state index in [1.165, 1.54) is 11.8 Å². The molecule has 28 heavy (non-hydrogen) atoms. The van der Waals surface area contributed by atoms with Gasteiger partial charge in [-0.15, -0.1) is 0 Å². The molecule has 2 heterocycles. The third-order valence-electron chi connectivity index (χ3n) is 4.57. The van der Waals surface area contributed by atoms with Crippen molar-refractivity contribution in [1.82, 2.24) is 9.78 Å². The van der Waals surface area contributed by atoms with Gasteiger partial charge in [0.05, 0.1) is 37.0 Å². The highest BCUT2D eigenvalue weighted by Gasteiger charge is 2.10. The molecule has 142 valence electrons. The monoisotopic (exact) mass is 374 g/mol. The van der Waals surface area contributed by atoms with Gasteiger partial charge in [0, 0.05) is 24.9 Å². The summed E-state index contributed by atoms with van der Waals surface area (Å²) in [5, 5.41) is 7.11. The molecule has 0 spiro atoms. The first-order valence-electron chi connectivity index (χ1n) is 9.30. The summed E-state index contributed by atoms with van der Waals surface area (Å²) in [4.78, 5) is 14.5. The van der Waals surface area contributed by atoms with Crippen molar-refractivity contribution >= 4 is 23.4 Å². The van der Waals surface area contributed by atoms with Crippen molar-refractivity contribution in [3.05, 3.63) is 78.6 Å². The highest BCUT2D eigenvalue weighted by Crippen LogP contribution is 2.17. The number of carbonyl (C=O) groups excluding carboxylic acids is 1. The van der Waals surface area contributed by atoms with Gasteiger partial charge in [-0.1, -0.05) is 30.3 Å². The van der Waals surface area contributed by atoms with Gasteiger partial charge in [-0.2, -0.15) is 5.10 Å². The number of hydrogen-bond acceptors (Lipinski definition) is 4. The smallest absolute Gasteiger partial charge is 0.248 e. The second-order valence-corrected chi connectivity index (χ2v) is 6.52. The Morgan fingerprint density at radius 1 is 1.00 bits per heavy atom. The van der Waals surface area contributed by atoms with Gasteiger partial charge in [0.1, 0.15) is 0 Å². The lowest BCUT2D eigenvalue weighted by Gasteiger charge is -2.28. The molecule has 0 aliphatic carbocycles. The summed E-state index contributed by atoms with van der Waals surface area (Å²) in [6.45, 7) is 3.36. The van der Waals surface area contributed by atoms with Crippen LogP contribution in [0.15, 0.2) is 73.1 Å². The van der Waals surface area contributed by atoms with E-state index in [1.54, 1.807) is 23.2 Å². The van der Waals surface area contributed by atoms with Gasteiger partial charge in [-0.25, -0.2) is 4.68 Å². The van der Waals surface area contributed by atoms with Gasteiger partial charge in [0.15, 0.2) is 0 Å². The molecule has 1 aliphatic rings. The molecule has 1 aliphatic heterocycles. The maximum atomic E-state index is 12.2. The first-order chi connectivity index (χ1) is 13.8. The molecular formula is C22H22N4O2. The molecule has 0 saturated carbocycles. The van der Waals surface area contributed by atoms with E-state index in [-0.39, 0.29) is 5.91 Å². The molecule has 0 bridgehead atoms. The molecule has 0 atom stereocenters. The third kappa shape index (κ3) is 4.47. The fraction of sp³-hybridized carbons (Fsp3) is 0.182. The Morgan fingerprint density at radius 3 is 2.50 bits per heavy atom. The number of carbonyl (C=O) groups is 1. The molecule has 2 aromatic carbocycles. The number of rotatable bonds is 5. The molecule has 4 rings (SSSR count). The van der Waals surface area contributed by atoms with Crippen molar-refractivity contribution in [2.75, 3.05) is 36.5 Å². The van der Waals surface area contributed by atoms with Crippen LogP contribution in [-0.4, -0.2) is 42.0 Å². The summed E-state index contributed by atoms with van der Waals surface area (Å²) in [6.07, 6.45) is 6.76. The number of nitrogens with one attached hydrogen (secondary N) is 1. The number of anilines is 2. The molecular weight excluding hydrogens is 352 g/mol. The van der Waals surface area contributed by atoms with E-state index in [4.69, 9.17) is 4.74 Å². The van der Waals surface area contributed by atoms with Crippen molar-refractivity contribution in [2.45, 2.75) is 0 Å². The molecule has 0 unspecified atom stereocenters. The van der Waals surface area contributed by atoms with Crippen LogP contribution in [0.1, 0.15) is 5.56 Å². The van der Waals surface area contributed by atoms with Crippen molar-refractivity contribution in [3.63, 3.8) is 0 Å². The van der Waals surface area contributed by atoms with Crippen molar-refractivity contribution in [2.24, 2.45) is 0 Å². The average molecular weight is 374 g/mol. The summed E-state index contributed by atoms with van der Waals surface area (Å²) in [5.41, 5.74) is 3.76. The van der Waals surface area contributed by atoms with Gasteiger partial charge in [0.25, 0.3) is 0 Å². The maximum absolute atomic E-state index is 12.2. The van der Waals surface area contributed by atoms with E-state index in [0.717, 1.165) is 37.6 Å². The van der Waals surface area contributed by atoms with E-state index in [0.29, 0.717) is 5.69 Å². The lowest BCUT2D eigenvalue weighted by Crippen LogP contribution is -2.36. The topological polar surface area (TPSA) is 59.4 Å². The zero-order valence-corrected chi connectivity index (χ0v) is 15.5. The average Bonchev–Trinajstić information content (AvgIpc) is 3.22. The number of nitrogens with zero attached hydrogens (tertiary/aromatic N) is 3. The SMILES string of the molecule is O=C(/C=C/c1ccc(N2CCOCC2)cc1)Nc1cnn(-c2ccccc2)c1. The Balaban J connectivity index is 1.34. The zero-order valence-electron chi connectivity index (χ0n) is 15.5. The predicted octanol–water partition coefficient (Wildman–Crippen LogP) is 3.36. The standard InChI is InChI=1S/C22H22N4O2/c27-22(24-19-16-23-26(17-19)21-4-2-1-3-5-21)11-8-18-6-9-20(10-7-18)25-12-14-28-15-13-25/h1-11,16-17H,12-15H2,(H,24,27)/b11-8+. The number of benzene rings is 2. The number of para-hydroxylation sites is 1. The second-order valence-electron chi connectivity index (χ2n) is 6.52. The first kappa shape index (κ1) is 18.0. The Kier molecular flexibility index (Phi) is 5.49. The number of hydrogen-bond donors (Lipinski definition) is 1. The van der Waals surface area contributed by atoms with Crippen LogP contribution in [0, 0.1) is 0 Å². The van der Waals surface area contributed by atoms with Crippen LogP contribution in [0.5, 0.6) is 0 Å². The highest BCUT2D eigenvalue weighted by atomic mass is 16.5. The van der Waals surface area contributed by atoms with Gasteiger partial charge < -0.3 is 15.0 Å². The third-order valence-corrected chi connectivity index (χ3v) is 4.57. The van der Waals surface area contributed by atoms with Crippen LogP contribution in [-0.2, 0) is 9.53 Å². The molecule has 1 fully saturated rings. The zero-order chi connectivity index (χ0) is 19.2. The predicted molar refractivity (Wildman–Crippen MR) is 111 cm³/mol. The summed E-state index contributed by atoms with van der Waals surface area (Å²) in [5.74, 6) is -0.190. The van der Waals surface area contributed by atoms with Crippen LogP contribution in [0.3, 0.4) is 0 Å². The van der Waals surface area contributed by atoms with Crippen molar-refractivity contribution < 1.29 is 9.53 Å². The van der Waals surface area contributed by atoms with Crippen molar-refractivity contribution in [1.29, 1.82) is 0 Å². The summed E-state index contributed by atoms with van der Waals surface area (Å²) in [6, 6.07) is 17.9. The van der Waals surface area contributed by atoms with Crippen molar-refractivity contribution in [3.8, 4) is 5.69 Å². The molecule has 6 heteroatoms. The quantitative estimate of drug-likeness (QED) is 0.696. The summed E-state index contributed by atoms with van der Waals surface area (Å²) in [7, 11) is 0. The van der Waals surface area contributed by atoms with Gasteiger partial charge in [0.2, 0.25) is 5.91 Å². The first-order valence-corrected chi connectivity index (χ1v) is 9.30. The summed E-state index contributed by atoms with van der Waals surface area (Å²) < 4.78 is 7.11. The molecule has 1 saturated heterocycles. The fourth-order valence-electron chi connectivity index (χ4n) is 3.08. The second kappa shape index (κ2) is 8.54. The van der Waals surface area contributed by atoms with Crippen LogP contribution < -0.4 is 10.2 Å². The molecule has 1 N–H and O–H groups in total. The van der Waals surface area contributed by atoms with Crippen LogP contribution in [0.2, 0.25) is 0 Å². The fourth-order valence-corrected chi connectivity index (χ4v) is 3.08. The van der Waals surface area contributed by atoms with E-state index < -0.39 is 0 Å². The van der Waals surface area contributed by atoms with Crippen LogP contribution in [0.25, 0.3) is 11.8 Å². The number of amides is 1. The van der Waals surface area contributed by atoms with Crippen LogP contribution >= 0.6 is 0 Å². The van der Waals surface area contributed by atoms with Gasteiger partial charge >= 0.3 is 0 Å². The molecule has 3 aromatic rings. The maximum Gasteiger partial charge on any atom is 0.248 e. The van der Waals surface area contributed by atoms with E-state index in [1.807, 2.05) is 42.5 Å². The van der Waals surface area contributed by atoms with Crippen LogP contribution in [0.4, 0.5) is 11.4 Å². The van der Waals surface area contributed by atoms with E-state index in [9.17, 15) is 4.79 Å². The molecule has 1 aromatic heterocycles. The van der Waals surface area contributed by atoms with E-state index >= 15 is 0 Å². The lowest BCUT2D eigenvalue weighted by atomic mass is 10.1. The van der Waals surface area contributed by atoms with Gasteiger partial charge in [-0.3, -0.25) is 4.79 Å². The Labute approximate surface area is 164 Å². The van der Waals surface area contributed by atoms with Gasteiger partial charge in [-0.05, 0) is 35.9 Å². The molecule has 1 amide bonds. The Bertz CT molecular complexity index is 942. The Morgan fingerprint density at radius 2 is 1.75 bits per heavy atom. The number of morpholine rings is 1. The highest BCUT2D eigenvalue weighted by molar-refractivity contribution is 6.01. The summed E-state index contributed by atoms with van der Waals surface area (Å²) >= 11 is 0. The normalized spacial score (nSPS) is 14.4.